The number of carboxylic acid groups (broad SMARTS) is 1. The van der Waals surface area contributed by atoms with Crippen LogP contribution in [0.3, 0.4) is 0 Å². The summed E-state index contributed by atoms with van der Waals surface area (Å²) in [7, 11) is 0. The van der Waals surface area contributed by atoms with Crippen LogP contribution >= 0.6 is 11.6 Å². The molecule has 2 rings (SSSR count). The van der Waals surface area contributed by atoms with Crippen LogP contribution in [0.25, 0.3) is 5.69 Å². The first-order valence-corrected chi connectivity index (χ1v) is 8.74. The summed E-state index contributed by atoms with van der Waals surface area (Å²) in [5, 5.41) is 16.5. The van der Waals surface area contributed by atoms with Crippen LogP contribution in [-0.2, 0) is 4.79 Å². The number of carboxylic acids is 1. The third-order valence-electron chi connectivity index (χ3n) is 3.85. The standard InChI is InChI=1S/C18H23ClN4O3/c1-11(2)16-20-15(17(26)21-18(3,4)10-9-14(24)25)22-23(16)13-8-6-5-7-12(13)19/h5-8,11H,9-10H2,1-4H3,(H,21,26)(H,24,25). The van der Waals surface area contributed by atoms with E-state index in [4.69, 9.17) is 16.7 Å². The van der Waals surface area contributed by atoms with Gasteiger partial charge in [0.25, 0.3) is 5.91 Å². The van der Waals surface area contributed by atoms with Gasteiger partial charge < -0.3 is 10.4 Å². The molecule has 1 aromatic carbocycles. The normalized spacial score (nSPS) is 11.6. The molecule has 1 heterocycles. The SMILES string of the molecule is CC(C)c1nc(C(=O)NC(C)(C)CCC(=O)O)nn1-c1ccccc1Cl. The van der Waals surface area contributed by atoms with Gasteiger partial charge in [-0.3, -0.25) is 9.59 Å². The van der Waals surface area contributed by atoms with Gasteiger partial charge in [-0.15, -0.1) is 5.10 Å². The van der Waals surface area contributed by atoms with Gasteiger partial charge in [0.1, 0.15) is 5.82 Å². The third-order valence-corrected chi connectivity index (χ3v) is 4.17. The first-order valence-electron chi connectivity index (χ1n) is 8.37. The average molecular weight is 379 g/mol. The quantitative estimate of drug-likeness (QED) is 0.769. The molecule has 0 aliphatic heterocycles. The highest BCUT2D eigenvalue weighted by Crippen LogP contribution is 2.24. The number of benzene rings is 1. The molecule has 0 radical (unpaired) electrons. The van der Waals surface area contributed by atoms with Crippen LogP contribution in [0.1, 0.15) is 62.9 Å². The molecule has 26 heavy (non-hydrogen) atoms. The van der Waals surface area contributed by atoms with E-state index in [2.05, 4.69) is 15.4 Å². The van der Waals surface area contributed by atoms with Gasteiger partial charge in [0.2, 0.25) is 5.82 Å². The fraction of sp³-hybridized carbons (Fsp3) is 0.444. The summed E-state index contributed by atoms with van der Waals surface area (Å²) >= 11 is 6.26. The van der Waals surface area contributed by atoms with E-state index in [-0.39, 0.29) is 18.2 Å². The van der Waals surface area contributed by atoms with E-state index in [1.165, 1.54) is 0 Å². The number of aliphatic carboxylic acids is 1. The average Bonchev–Trinajstić information content (AvgIpc) is 2.98. The molecule has 2 N–H and O–H groups in total. The van der Waals surface area contributed by atoms with E-state index in [0.29, 0.717) is 23.0 Å². The molecule has 0 unspecified atom stereocenters. The first-order chi connectivity index (χ1) is 12.1. The van der Waals surface area contributed by atoms with Gasteiger partial charge in [0.05, 0.1) is 10.7 Å². The lowest BCUT2D eigenvalue weighted by Crippen LogP contribution is -2.44. The number of para-hydroxylation sites is 1. The van der Waals surface area contributed by atoms with Gasteiger partial charge in [-0.2, -0.15) is 0 Å². The molecule has 0 aliphatic carbocycles. The van der Waals surface area contributed by atoms with Crippen molar-refractivity contribution in [1.29, 1.82) is 0 Å². The number of nitrogens with one attached hydrogen (secondary N) is 1. The molecule has 1 amide bonds. The number of aromatic nitrogens is 3. The second kappa shape index (κ2) is 7.86. The van der Waals surface area contributed by atoms with Crippen LogP contribution in [0.15, 0.2) is 24.3 Å². The van der Waals surface area contributed by atoms with E-state index in [0.717, 1.165) is 0 Å². The summed E-state index contributed by atoms with van der Waals surface area (Å²) < 4.78 is 1.58. The number of amides is 1. The maximum absolute atomic E-state index is 12.6. The Labute approximate surface area is 157 Å². The highest BCUT2D eigenvalue weighted by Gasteiger charge is 2.26. The van der Waals surface area contributed by atoms with E-state index < -0.39 is 17.4 Å². The number of rotatable bonds is 7. The maximum Gasteiger partial charge on any atom is 0.303 e. The monoisotopic (exact) mass is 378 g/mol. The van der Waals surface area contributed by atoms with Crippen molar-refractivity contribution in [3.8, 4) is 5.69 Å². The number of carbonyl (C=O) groups is 2. The molecule has 0 fully saturated rings. The molecule has 0 saturated carbocycles. The lowest BCUT2D eigenvalue weighted by atomic mass is 9.98. The zero-order chi connectivity index (χ0) is 19.5. The van der Waals surface area contributed by atoms with Crippen molar-refractivity contribution in [1.82, 2.24) is 20.1 Å². The molecular formula is C18H23ClN4O3. The Morgan fingerprint density at radius 2 is 1.96 bits per heavy atom. The fourth-order valence-corrected chi connectivity index (χ4v) is 2.66. The topological polar surface area (TPSA) is 97.1 Å². The Morgan fingerprint density at radius 1 is 1.31 bits per heavy atom. The summed E-state index contributed by atoms with van der Waals surface area (Å²) in [5.74, 6) is -0.687. The molecule has 1 aromatic heterocycles. The van der Waals surface area contributed by atoms with Crippen molar-refractivity contribution in [2.45, 2.75) is 52.0 Å². The smallest absolute Gasteiger partial charge is 0.303 e. The van der Waals surface area contributed by atoms with Gasteiger partial charge >= 0.3 is 5.97 Å². The lowest BCUT2D eigenvalue weighted by molar-refractivity contribution is -0.137. The van der Waals surface area contributed by atoms with Crippen molar-refractivity contribution in [2.75, 3.05) is 0 Å². The first kappa shape index (κ1) is 19.9. The maximum atomic E-state index is 12.6. The van der Waals surface area contributed by atoms with Crippen molar-refractivity contribution < 1.29 is 14.7 Å². The summed E-state index contributed by atoms with van der Waals surface area (Å²) in [6, 6.07) is 7.21. The highest BCUT2D eigenvalue weighted by atomic mass is 35.5. The van der Waals surface area contributed by atoms with E-state index >= 15 is 0 Å². The van der Waals surface area contributed by atoms with Crippen LogP contribution in [0, 0.1) is 0 Å². The van der Waals surface area contributed by atoms with E-state index in [1.807, 2.05) is 26.0 Å². The Bertz CT molecular complexity index is 815. The fourth-order valence-electron chi connectivity index (χ4n) is 2.44. The molecular weight excluding hydrogens is 356 g/mol. The Hall–Kier alpha value is -2.41. The minimum absolute atomic E-state index is 0.0250. The minimum Gasteiger partial charge on any atom is -0.481 e. The second-order valence-electron chi connectivity index (χ2n) is 7.04. The zero-order valence-corrected chi connectivity index (χ0v) is 16.0. The molecule has 2 aromatic rings. The van der Waals surface area contributed by atoms with Crippen LogP contribution in [0.5, 0.6) is 0 Å². The van der Waals surface area contributed by atoms with Crippen LogP contribution in [0.4, 0.5) is 0 Å². The van der Waals surface area contributed by atoms with Crippen LogP contribution in [-0.4, -0.2) is 37.3 Å². The minimum atomic E-state index is -0.907. The van der Waals surface area contributed by atoms with Crippen molar-refractivity contribution in [3.05, 3.63) is 40.9 Å². The molecule has 0 atom stereocenters. The number of hydrogen-bond acceptors (Lipinski definition) is 4. The lowest BCUT2D eigenvalue weighted by Gasteiger charge is -2.24. The molecule has 0 spiro atoms. The largest absolute Gasteiger partial charge is 0.481 e. The Kier molecular flexibility index (Phi) is 6.02. The van der Waals surface area contributed by atoms with Gasteiger partial charge in [0, 0.05) is 17.9 Å². The summed E-state index contributed by atoms with van der Waals surface area (Å²) in [6.45, 7) is 7.44. The van der Waals surface area contributed by atoms with Gasteiger partial charge in [-0.05, 0) is 32.4 Å². The van der Waals surface area contributed by atoms with Crippen molar-refractivity contribution >= 4 is 23.5 Å². The third kappa shape index (κ3) is 4.82. The summed E-state index contributed by atoms with van der Waals surface area (Å²) in [5.41, 5.74) is -0.0434. The highest BCUT2D eigenvalue weighted by molar-refractivity contribution is 6.32. The summed E-state index contributed by atoms with van der Waals surface area (Å²) in [6.07, 6.45) is 0.266. The molecule has 0 aliphatic rings. The van der Waals surface area contributed by atoms with Gasteiger partial charge in [0.15, 0.2) is 0 Å². The van der Waals surface area contributed by atoms with Gasteiger partial charge in [-0.25, -0.2) is 9.67 Å². The number of nitrogens with zero attached hydrogens (tertiary/aromatic N) is 3. The predicted molar refractivity (Wildman–Crippen MR) is 98.9 cm³/mol. The second-order valence-corrected chi connectivity index (χ2v) is 7.45. The zero-order valence-electron chi connectivity index (χ0n) is 15.3. The van der Waals surface area contributed by atoms with E-state index in [9.17, 15) is 9.59 Å². The van der Waals surface area contributed by atoms with Crippen LogP contribution in [0.2, 0.25) is 5.02 Å². The molecule has 8 heteroatoms. The van der Waals surface area contributed by atoms with Crippen LogP contribution < -0.4 is 5.32 Å². The summed E-state index contributed by atoms with van der Waals surface area (Å²) in [4.78, 5) is 27.7. The Morgan fingerprint density at radius 3 is 2.54 bits per heavy atom. The number of carbonyl (C=O) groups excluding carboxylic acids is 1. The molecule has 140 valence electrons. The predicted octanol–water partition coefficient (Wildman–Crippen LogP) is 3.42. The number of hydrogen-bond donors (Lipinski definition) is 2. The van der Waals surface area contributed by atoms with Crippen molar-refractivity contribution in [2.24, 2.45) is 0 Å². The Balaban J connectivity index is 2.30. The molecule has 0 bridgehead atoms. The molecule has 7 nitrogen and oxygen atoms in total. The van der Waals surface area contributed by atoms with Gasteiger partial charge in [-0.1, -0.05) is 37.6 Å². The van der Waals surface area contributed by atoms with Crippen molar-refractivity contribution in [3.63, 3.8) is 0 Å². The number of halogens is 1. The molecule has 0 saturated heterocycles. The van der Waals surface area contributed by atoms with E-state index in [1.54, 1.807) is 30.7 Å².